The smallest absolute Gasteiger partial charge is 0.0991 e. The van der Waals surface area contributed by atoms with Crippen molar-refractivity contribution in [3.8, 4) is 0 Å². The van der Waals surface area contributed by atoms with Gasteiger partial charge in [0.05, 0.1) is 8.67 Å². The Morgan fingerprint density at radius 3 is 2.72 bits per heavy atom. The molecule has 3 atom stereocenters. The summed E-state index contributed by atoms with van der Waals surface area (Å²) in [5, 5.41) is 3.71. The Hall–Kier alpha value is 0.240. The third kappa shape index (κ3) is 3.86. The quantitative estimate of drug-likeness (QED) is 0.709. The molecule has 0 bridgehead atoms. The molecule has 1 heterocycles. The van der Waals surface area contributed by atoms with Gasteiger partial charge >= 0.3 is 0 Å². The molecule has 0 amide bonds. The Labute approximate surface area is 124 Å². The highest BCUT2D eigenvalue weighted by Gasteiger charge is 2.20. The van der Waals surface area contributed by atoms with Crippen LogP contribution in [0.15, 0.2) is 6.07 Å². The van der Waals surface area contributed by atoms with Crippen molar-refractivity contribution in [1.82, 2.24) is 5.32 Å². The standard InChI is InChI=1S/C14H21Cl2NS/c1-9-4-3-5-11(7-6-9)17-10(2)12-8-13(15)18-14(12)16/h8-11,17H,3-7H2,1-2H3. The van der Waals surface area contributed by atoms with Crippen LogP contribution in [0.25, 0.3) is 0 Å². The first-order valence-electron chi connectivity index (χ1n) is 6.77. The normalized spacial score (nSPS) is 26.9. The highest BCUT2D eigenvalue weighted by Crippen LogP contribution is 2.35. The molecule has 0 spiro atoms. The van der Waals surface area contributed by atoms with Gasteiger partial charge in [-0.1, -0.05) is 43.0 Å². The first-order valence-corrected chi connectivity index (χ1v) is 8.34. The molecule has 18 heavy (non-hydrogen) atoms. The van der Waals surface area contributed by atoms with Crippen molar-refractivity contribution >= 4 is 34.5 Å². The van der Waals surface area contributed by atoms with E-state index in [2.05, 4.69) is 19.2 Å². The molecule has 0 aromatic carbocycles. The highest BCUT2D eigenvalue weighted by atomic mass is 35.5. The second-order valence-electron chi connectivity index (χ2n) is 5.48. The van der Waals surface area contributed by atoms with Crippen molar-refractivity contribution in [2.45, 2.75) is 58.0 Å². The van der Waals surface area contributed by atoms with Gasteiger partial charge < -0.3 is 5.32 Å². The molecule has 1 saturated carbocycles. The molecule has 1 N–H and O–H groups in total. The SMILES string of the molecule is CC1CCCC(NC(C)c2cc(Cl)sc2Cl)CC1. The summed E-state index contributed by atoms with van der Waals surface area (Å²) in [6.07, 6.45) is 6.61. The maximum atomic E-state index is 6.21. The molecule has 1 aromatic heterocycles. The van der Waals surface area contributed by atoms with Crippen molar-refractivity contribution in [3.63, 3.8) is 0 Å². The fraction of sp³-hybridized carbons (Fsp3) is 0.714. The Balaban J connectivity index is 1.94. The third-order valence-corrected chi connectivity index (χ3v) is 5.41. The van der Waals surface area contributed by atoms with Crippen molar-refractivity contribution in [2.75, 3.05) is 0 Å². The molecule has 3 unspecified atom stereocenters. The third-order valence-electron chi connectivity index (χ3n) is 3.89. The Kier molecular flexibility index (Phi) is 5.37. The summed E-state index contributed by atoms with van der Waals surface area (Å²) >= 11 is 13.7. The minimum Gasteiger partial charge on any atom is -0.307 e. The van der Waals surface area contributed by atoms with Crippen molar-refractivity contribution in [2.24, 2.45) is 5.92 Å². The first kappa shape index (κ1) is 14.6. The van der Waals surface area contributed by atoms with Crippen LogP contribution in [-0.2, 0) is 0 Å². The maximum Gasteiger partial charge on any atom is 0.0991 e. The summed E-state index contributed by atoms with van der Waals surface area (Å²) < 4.78 is 1.60. The number of rotatable bonds is 3. The summed E-state index contributed by atoms with van der Waals surface area (Å²) in [6, 6.07) is 2.91. The topological polar surface area (TPSA) is 12.0 Å². The fourth-order valence-electron chi connectivity index (χ4n) is 2.75. The van der Waals surface area contributed by atoms with Crippen LogP contribution in [0.5, 0.6) is 0 Å². The lowest BCUT2D eigenvalue weighted by Crippen LogP contribution is -2.31. The van der Waals surface area contributed by atoms with Gasteiger partial charge in [-0.2, -0.15) is 0 Å². The molecule has 1 aliphatic carbocycles. The molecule has 1 nitrogen and oxygen atoms in total. The van der Waals surface area contributed by atoms with Gasteiger partial charge in [-0.05, 0) is 43.7 Å². The molecule has 1 aromatic rings. The summed E-state index contributed by atoms with van der Waals surface area (Å²) in [5.74, 6) is 0.881. The molecule has 1 aliphatic rings. The molecular weight excluding hydrogens is 285 g/mol. The molecular formula is C14H21Cl2NS. The molecule has 0 aliphatic heterocycles. The minimum atomic E-state index is 0.291. The van der Waals surface area contributed by atoms with E-state index in [1.165, 1.54) is 43.4 Å². The van der Waals surface area contributed by atoms with Gasteiger partial charge in [-0.25, -0.2) is 0 Å². The Bertz CT molecular complexity index is 391. The first-order chi connectivity index (χ1) is 8.56. The van der Waals surface area contributed by atoms with E-state index < -0.39 is 0 Å². The number of hydrogen-bond acceptors (Lipinski definition) is 2. The summed E-state index contributed by atoms with van der Waals surface area (Å²) in [5.41, 5.74) is 1.14. The van der Waals surface area contributed by atoms with Gasteiger partial charge in [0, 0.05) is 12.1 Å². The predicted molar refractivity (Wildman–Crippen MR) is 81.9 cm³/mol. The van der Waals surface area contributed by atoms with E-state index >= 15 is 0 Å². The van der Waals surface area contributed by atoms with Crippen LogP contribution in [0.3, 0.4) is 0 Å². The Morgan fingerprint density at radius 1 is 1.28 bits per heavy atom. The van der Waals surface area contributed by atoms with Crippen LogP contribution in [0.2, 0.25) is 8.67 Å². The summed E-state index contributed by atoms with van der Waals surface area (Å²) in [7, 11) is 0. The predicted octanol–water partition coefficient (Wildman–Crippen LogP) is 5.67. The zero-order valence-electron chi connectivity index (χ0n) is 11.0. The van der Waals surface area contributed by atoms with E-state index in [1.54, 1.807) is 0 Å². The molecule has 4 heteroatoms. The van der Waals surface area contributed by atoms with Crippen molar-refractivity contribution in [1.29, 1.82) is 0 Å². The average Bonchev–Trinajstić information content (AvgIpc) is 2.51. The number of thiophene rings is 1. The fourth-order valence-corrected chi connectivity index (χ4v) is 4.39. The van der Waals surface area contributed by atoms with E-state index in [0.717, 1.165) is 20.2 Å². The Morgan fingerprint density at radius 2 is 2.06 bits per heavy atom. The lowest BCUT2D eigenvalue weighted by molar-refractivity contribution is 0.408. The van der Waals surface area contributed by atoms with Crippen LogP contribution in [0.1, 0.15) is 57.6 Å². The molecule has 0 saturated heterocycles. The van der Waals surface area contributed by atoms with Crippen LogP contribution in [-0.4, -0.2) is 6.04 Å². The monoisotopic (exact) mass is 305 g/mol. The average molecular weight is 306 g/mol. The largest absolute Gasteiger partial charge is 0.307 e. The van der Waals surface area contributed by atoms with E-state index in [4.69, 9.17) is 23.2 Å². The second kappa shape index (κ2) is 6.60. The van der Waals surface area contributed by atoms with Crippen LogP contribution in [0.4, 0.5) is 0 Å². The minimum absolute atomic E-state index is 0.291. The number of halogens is 2. The second-order valence-corrected chi connectivity index (χ2v) is 7.76. The van der Waals surface area contributed by atoms with E-state index in [-0.39, 0.29) is 0 Å². The lowest BCUT2D eigenvalue weighted by Gasteiger charge is -2.22. The van der Waals surface area contributed by atoms with E-state index in [0.29, 0.717) is 12.1 Å². The lowest BCUT2D eigenvalue weighted by atomic mass is 10.0. The van der Waals surface area contributed by atoms with Gasteiger partial charge in [0.15, 0.2) is 0 Å². The van der Waals surface area contributed by atoms with E-state index in [1.807, 2.05) is 6.07 Å². The zero-order valence-corrected chi connectivity index (χ0v) is 13.3. The van der Waals surface area contributed by atoms with E-state index in [9.17, 15) is 0 Å². The van der Waals surface area contributed by atoms with Gasteiger partial charge in [0.1, 0.15) is 0 Å². The summed E-state index contributed by atoms with van der Waals surface area (Å²) in [4.78, 5) is 0. The molecule has 102 valence electrons. The van der Waals surface area contributed by atoms with Gasteiger partial charge in [-0.15, -0.1) is 11.3 Å². The molecule has 2 rings (SSSR count). The summed E-state index contributed by atoms with van der Waals surface area (Å²) in [6.45, 7) is 4.54. The van der Waals surface area contributed by atoms with Crippen LogP contribution in [0, 0.1) is 5.92 Å². The van der Waals surface area contributed by atoms with Crippen LogP contribution < -0.4 is 5.32 Å². The number of nitrogens with one attached hydrogen (secondary N) is 1. The number of hydrogen-bond donors (Lipinski definition) is 1. The zero-order chi connectivity index (χ0) is 13.1. The van der Waals surface area contributed by atoms with Crippen LogP contribution >= 0.6 is 34.5 Å². The molecule has 1 fully saturated rings. The van der Waals surface area contributed by atoms with Crippen molar-refractivity contribution < 1.29 is 0 Å². The molecule has 0 radical (unpaired) electrons. The van der Waals surface area contributed by atoms with Gasteiger partial charge in [-0.3, -0.25) is 0 Å². The van der Waals surface area contributed by atoms with Crippen molar-refractivity contribution in [3.05, 3.63) is 20.3 Å². The van der Waals surface area contributed by atoms with Gasteiger partial charge in [0.2, 0.25) is 0 Å². The maximum absolute atomic E-state index is 6.21. The van der Waals surface area contributed by atoms with Gasteiger partial charge in [0.25, 0.3) is 0 Å². The highest BCUT2D eigenvalue weighted by molar-refractivity contribution is 7.20.